The predicted octanol–water partition coefficient (Wildman–Crippen LogP) is 0.00940. The maximum absolute atomic E-state index is 12.5. The lowest BCUT2D eigenvalue weighted by molar-refractivity contribution is -0.384. The van der Waals surface area contributed by atoms with Crippen LogP contribution in [0.4, 0.5) is 5.69 Å². The molecule has 2 unspecified atom stereocenters. The summed E-state index contributed by atoms with van der Waals surface area (Å²) in [5.74, 6) is -4.20. The summed E-state index contributed by atoms with van der Waals surface area (Å²) in [6.07, 6.45) is -0.988. The van der Waals surface area contributed by atoms with Gasteiger partial charge < -0.3 is 20.7 Å². The Hall–Kier alpha value is -3.43. The van der Waals surface area contributed by atoms with Gasteiger partial charge in [0.2, 0.25) is 5.91 Å². The number of benzene rings is 1. The van der Waals surface area contributed by atoms with Crippen LogP contribution in [0, 0.1) is 22.0 Å². The zero-order valence-electron chi connectivity index (χ0n) is 15.1. The number of hydrogen-bond donors (Lipinski definition) is 2. The van der Waals surface area contributed by atoms with Crippen LogP contribution in [0.15, 0.2) is 24.3 Å². The molecule has 0 radical (unpaired) electrons. The number of β-lactam (4-membered cyclic amide) rings is 1. The molecule has 28 heavy (non-hydrogen) atoms. The Balaban J connectivity index is 2.00. The van der Waals surface area contributed by atoms with Crippen molar-refractivity contribution in [1.82, 2.24) is 5.32 Å². The monoisotopic (exact) mass is 390 g/mol. The molecule has 1 aromatic carbocycles. The lowest BCUT2D eigenvalue weighted by Crippen LogP contribution is -2.66. The number of ether oxygens (including phenoxy) is 1. The molecule has 2 N–H and O–H groups in total. The Morgan fingerprint density at radius 1 is 1.36 bits per heavy atom. The first-order valence-electron chi connectivity index (χ1n) is 8.32. The van der Waals surface area contributed by atoms with Crippen LogP contribution in [0.25, 0.3) is 5.53 Å². The molecule has 0 bridgehead atoms. The lowest BCUT2D eigenvalue weighted by atomic mass is 9.76. The van der Waals surface area contributed by atoms with Crippen LogP contribution in [0.2, 0.25) is 0 Å². The number of Topliss-reactive ketones (excluding diaryl/α,β-unsaturated/α-hetero) is 1. The summed E-state index contributed by atoms with van der Waals surface area (Å²) in [6, 6.07) is 4.50. The molecular formula is C17H18N4O7. The number of carbonyl (C=O) groups is 3. The molecule has 1 aliphatic rings. The standard InChI is InChI=1S/C17H18N4O7/c1-8(13-12(9(2)22)16(24)19-13)15(23)14(20-18)17(25)28-7-10-3-5-11(6-4-10)21(26)27/h3-6,8-9,12-13,22H,7H2,1-2H3,(H,19,24)/t8?,9?,12-,13+/m0/s1. The summed E-state index contributed by atoms with van der Waals surface area (Å²) in [6.45, 7) is 2.54. The first-order chi connectivity index (χ1) is 13.2. The quantitative estimate of drug-likeness (QED) is 0.0919. The van der Waals surface area contributed by atoms with Crippen molar-refractivity contribution in [1.29, 1.82) is 0 Å². The Labute approximate surface area is 159 Å². The number of nitrogens with zero attached hydrogens (tertiary/aromatic N) is 3. The Kier molecular flexibility index (Phi) is 6.34. The van der Waals surface area contributed by atoms with Crippen molar-refractivity contribution in [2.45, 2.75) is 32.6 Å². The Bertz CT molecular complexity index is 859. The van der Waals surface area contributed by atoms with Gasteiger partial charge in [-0.25, -0.2) is 4.79 Å². The number of nitro groups is 1. The second kappa shape index (κ2) is 8.51. The minimum absolute atomic E-state index is 0.132. The molecule has 4 atom stereocenters. The predicted molar refractivity (Wildman–Crippen MR) is 92.8 cm³/mol. The van der Waals surface area contributed by atoms with E-state index in [9.17, 15) is 29.6 Å². The molecule has 0 spiro atoms. The number of rotatable bonds is 8. The van der Waals surface area contributed by atoms with Crippen LogP contribution in [0.5, 0.6) is 0 Å². The molecule has 0 saturated carbocycles. The van der Waals surface area contributed by atoms with Gasteiger partial charge in [-0.1, -0.05) is 6.92 Å². The number of nitro benzene ring substituents is 1. The van der Waals surface area contributed by atoms with Crippen LogP contribution < -0.4 is 5.32 Å². The summed E-state index contributed by atoms with van der Waals surface area (Å²) < 4.78 is 4.92. The third kappa shape index (κ3) is 4.27. The fraction of sp³-hybridized carbons (Fsp3) is 0.412. The number of non-ortho nitro benzene ring substituents is 1. The van der Waals surface area contributed by atoms with Crippen molar-refractivity contribution in [3.8, 4) is 0 Å². The average Bonchev–Trinajstić information content (AvgIpc) is 2.63. The summed E-state index contributed by atoms with van der Waals surface area (Å²) in [5.41, 5.74) is 8.51. The van der Waals surface area contributed by atoms with Gasteiger partial charge >= 0.3 is 11.7 Å². The molecule has 1 saturated heterocycles. The van der Waals surface area contributed by atoms with Gasteiger partial charge in [0, 0.05) is 18.1 Å². The number of ketones is 1. The maximum Gasteiger partial charge on any atom is 0.441 e. The van der Waals surface area contributed by atoms with Gasteiger partial charge in [-0.3, -0.25) is 19.7 Å². The highest BCUT2D eigenvalue weighted by atomic mass is 16.6. The van der Waals surface area contributed by atoms with Crippen LogP contribution in [-0.4, -0.2) is 50.3 Å². The molecule has 1 amide bonds. The fourth-order valence-corrected chi connectivity index (χ4v) is 2.87. The average molecular weight is 390 g/mol. The highest BCUT2D eigenvalue weighted by Gasteiger charge is 2.50. The van der Waals surface area contributed by atoms with E-state index < -0.39 is 52.3 Å². The molecule has 11 nitrogen and oxygen atoms in total. The van der Waals surface area contributed by atoms with Crippen molar-refractivity contribution < 1.29 is 33.9 Å². The number of carbonyl (C=O) groups excluding carboxylic acids is 3. The van der Waals surface area contributed by atoms with Gasteiger partial charge in [-0.2, -0.15) is 4.79 Å². The Morgan fingerprint density at radius 2 is 1.96 bits per heavy atom. The highest BCUT2D eigenvalue weighted by molar-refractivity contribution is 6.62. The summed E-state index contributed by atoms with van der Waals surface area (Å²) in [5, 5.41) is 22.7. The number of nitrogens with one attached hydrogen (secondary N) is 1. The van der Waals surface area contributed by atoms with E-state index in [0.717, 1.165) is 0 Å². The SMILES string of the molecule is CC(C(=O)C(=[N+]=[N-])C(=O)OCc1ccc([N+](=O)[O-])cc1)[C@H]1NC(=O)[C@H]1C(C)O. The topological polar surface area (TPSA) is 172 Å². The zero-order chi connectivity index (χ0) is 21.0. The second-order valence-electron chi connectivity index (χ2n) is 6.40. The van der Waals surface area contributed by atoms with Crippen molar-refractivity contribution in [2.24, 2.45) is 11.8 Å². The molecule has 1 aromatic rings. The van der Waals surface area contributed by atoms with Gasteiger partial charge in [-0.05, 0) is 24.6 Å². The molecular weight excluding hydrogens is 372 g/mol. The number of hydrogen-bond acceptors (Lipinski definition) is 7. The van der Waals surface area contributed by atoms with Gasteiger partial charge in [-0.15, -0.1) is 0 Å². The third-order valence-corrected chi connectivity index (χ3v) is 4.51. The molecule has 1 fully saturated rings. The molecule has 11 heteroatoms. The van der Waals surface area contributed by atoms with Gasteiger partial charge in [0.15, 0.2) is 0 Å². The maximum atomic E-state index is 12.5. The smallest absolute Gasteiger partial charge is 0.441 e. The number of aliphatic hydroxyl groups is 1. The van der Waals surface area contributed by atoms with E-state index in [1.807, 2.05) is 0 Å². The summed E-state index contributed by atoms with van der Waals surface area (Å²) in [4.78, 5) is 48.8. The van der Waals surface area contributed by atoms with Crippen LogP contribution in [0.3, 0.4) is 0 Å². The molecule has 2 rings (SSSR count). The normalized spacial score (nSPS) is 20.0. The van der Waals surface area contributed by atoms with Gasteiger partial charge in [0.25, 0.3) is 11.5 Å². The van der Waals surface area contributed by atoms with Gasteiger partial charge in [0.1, 0.15) is 6.61 Å². The lowest BCUT2D eigenvalue weighted by Gasteiger charge is -2.40. The Morgan fingerprint density at radius 3 is 2.43 bits per heavy atom. The molecule has 1 aliphatic heterocycles. The molecule has 148 valence electrons. The van der Waals surface area contributed by atoms with Crippen LogP contribution in [-0.2, 0) is 25.7 Å². The van der Waals surface area contributed by atoms with E-state index in [1.54, 1.807) is 0 Å². The first-order valence-corrected chi connectivity index (χ1v) is 8.32. The van der Waals surface area contributed by atoms with E-state index in [2.05, 4.69) is 10.1 Å². The van der Waals surface area contributed by atoms with Crippen LogP contribution >= 0.6 is 0 Å². The van der Waals surface area contributed by atoms with E-state index in [0.29, 0.717) is 5.56 Å². The third-order valence-electron chi connectivity index (χ3n) is 4.51. The second-order valence-corrected chi connectivity index (χ2v) is 6.40. The molecule has 1 heterocycles. The van der Waals surface area contributed by atoms with E-state index in [1.165, 1.54) is 38.1 Å². The van der Waals surface area contributed by atoms with Crippen LogP contribution in [0.1, 0.15) is 19.4 Å². The minimum atomic E-state index is -1.18. The summed E-state index contributed by atoms with van der Waals surface area (Å²) >= 11 is 0. The van der Waals surface area contributed by atoms with Crippen molar-refractivity contribution in [3.05, 3.63) is 45.5 Å². The van der Waals surface area contributed by atoms with Crippen molar-refractivity contribution in [3.63, 3.8) is 0 Å². The van der Waals surface area contributed by atoms with Gasteiger partial charge in [0.05, 0.1) is 23.0 Å². The molecule has 0 aromatic heterocycles. The van der Waals surface area contributed by atoms with E-state index >= 15 is 0 Å². The van der Waals surface area contributed by atoms with E-state index in [4.69, 9.17) is 10.3 Å². The first kappa shape index (κ1) is 20.9. The number of amides is 1. The number of aliphatic hydroxyl groups excluding tert-OH is 1. The summed E-state index contributed by atoms with van der Waals surface area (Å²) in [7, 11) is 0. The zero-order valence-corrected chi connectivity index (χ0v) is 15.1. The highest BCUT2D eigenvalue weighted by Crippen LogP contribution is 2.26. The fourth-order valence-electron chi connectivity index (χ4n) is 2.87. The largest absolute Gasteiger partial charge is 0.452 e. The minimum Gasteiger partial charge on any atom is -0.452 e. The van der Waals surface area contributed by atoms with Crippen molar-refractivity contribution >= 4 is 29.1 Å². The van der Waals surface area contributed by atoms with E-state index in [-0.39, 0.29) is 12.3 Å². The van der Waals surface area contributed by atoms with Crippen molar-refractivity contribution in [2.75, 3.05) is 0 Å². The number of esters is 1. The molecule has 0 aliphatic carbocycles.